The molecule has 0 radical (unpaired) electrons. The molecule has 2 heterocycles. The van der Waals surface area contributed by atoms with Crippen LogP contribution >= 0.6 is 11.6 Å². The van der Waals surface area contributed by atoms with Crippen LogP contribution in [0.1, 0.15) is 49.3 Å². The van der Waals surface area contributed by atoms with Gasteiger partial charge in [-0.1, -0.05) is 71.3 Å². The van der Waals surface area contributed by atoms with E-state index in [1.165, 1.54) is 0 Å². The number of nitrogens with one attached hydrogen (secondary N) is 3. The van der Waals surface area contributed by atoms with E-state index in [0.29, 0.717) is 47.4 Å². The van der Waals surface area contributed by atoms with Gasteiger partial charge in [-0.3, -0.25) is 4.79 Å². The number of anilines is 1. The molecule has 3 aromatic carbocycles. The van der Waals surface area contributed by atoms with Crippen molar-refractivity contribution in [1.29, 1.82) is 0 Å². The van der Waals surface area contributed by atoms with Gasteiger partial charge in [-0.15, -0.1) is 0 Å². The normalized spacial score (nSPS) is 14.7. The van der Waals surface area contributed by atoms with Crippen molar-refractivity contribution in [3.63, 3.8) is 0 Å². The van der Waals surface area contributed by atoms with Gasteiger partial charge in [-0.2, -0.15) is 0 Å². The zero-order chi connectivity index (χ0) is 31.9. The van der Waals surface area contributed by atoms with Gasteiger partial charge < -0.3 is 30.0 Å². The van der Waals surface area contributed by atoms with E-state index < -0.39 is 6.03 Å². The number of fused-ring (bicyclic) bond motifs is 1. The molecule has 0 spiro atoms. The first-order valence-corrected chi connectivity index (χ1v) is 15.7. The van der Waals surface area contributed by atoms with E-state index in [-0.39, 0.29) is 35.9 Å². The largest absolute Gasteiger partial charge is 0.492 e. The number of amides is 3. The summed E-state index contributed by atoms with van der Waals surface area (Å²) in [5.74, 6) is 0.392. The molecule has 3 amide bonds. The lowest BCUT2D eigenvalue weighted by atomic mass is 9.98. The average Bonchev–Trinajstić information content (AvgIpc) is 3.01. The second-order valence-corrected chi connectivity index (χ2v) is 11.8. The van der Waals surface area contributed by atoms with Gasteiger partial charge in [0.2, 0.25) is 0 Å². The number of halogens is 1. The number of nitrogens with zero attached hydrogens (tertiary/aromatic N) is 1. The third kappa shape index (κ3) is 7.78. The van der Waals surface area contributed by atoms with E-state index in [9.17, 15) is 14.4 Å². The van der Waals surface area contributed by atoms with Crippen LogP contribution in [0.2, 0.25) is 5.02 Å². The van der Waals surface area contributed by atoms with Crippen molar-refractivity contribution in [1.82, 2.24) is 15.2 Å². The highest BCUT2D eigenvalue weighted by Crippen LogP contribution is 2.38. The number of aryl methyl sites for hydroxylation is 2. The molecule has 1 fully saturated rings. The monoisotopic (exact) mass is 630 g/mol. The van der Waals surface area contributed by atoms with Gasteiger partial charge in [0.25, 0.3) is 5.56 Å². The zero-order valence-electron chi connectivity index (χ0n) is 25.9. The number of aromatic nitrogens is 1. The molecular weight excluding hydrogens is 592 g/mol. The van der Waals surface area contributed by atoms with Crippen molar-refractivity contribution in [2.45, 2.75) is 59.1 Å². The van der Waals surface area contributed by atoms with E-state index >= 15 is 0 Å². The molecule has 0 bridgehead atoms. The molecule has 45 heavy (non-hydrogen) atoms. The number of rotatable bonds is 9. The lowest BCUT2D eigenvalue weighted by Gasteiger charge is -2.35. The van der Waals surface area contributed by atoms with Gasteiger partial charge >= 0.3 is 12.1 Å². The minimum absolute atomic E-state index is 0.0654. The van der Waals surface area contributed by atoms with Crippen LogP contribution in [0.5, 0.6) is 5.75 Å². The summed E-state index contributed by atoms with van der Waals surface area (Å²) in [7, 11) is 0. The van der Waals surface area contributed by atoms with Crippen LogP contribution in [-0.2, 0) is 11.3 Å². The molecule has 1 unspecified atom stereocenters. The first-order valence-electron chi connectivity index (χ1n) is 15.4. The number of likely N-dealkylation sites (tertiary alicyclic amines) is 1. The lowest BCUT2D eigenvalue weighted by molar-refractivity contribution is 0.0623. The molecular formula is C35H39ClN4O5. The highest BCUT2D eigenvalue weighted by molar-refractivity contribution is 6.34. The zero-order valence-corrected chi connectivity index (χ0v) is 26.6. The maximum absolute atomic E-state index is 13.6. The van der Waals surface area contributed by atoms with Gasteiger partial charge in [-0.25, -0.2) is 9.59 Å². The van der Waals surface area contributed by atoms with Crippen molar-refractivity contribution >= 4 is 40.3 Å². The number of urea groups is 1. The third-order valence-electron chi connectivity index (χ3n) is 7.91. The molecule has 1 aliphatic rings. The highest BCUT2D eigenvalue weighted by atomic mass is 35.5. The second kappa shape index (κ2) is 14.5. The smallest absolute Gasteiger partial charge is 0.410 e. The summed E-state index contributed by atoms with van der Waals surface area (Å²) in [6.45, 7) is 7.33. The van der Waals surface area contributed by atoms with Gasteiger partial charge in [0.1, 0.15) is 12.4 Å². The fourth-order valence-corrected chi connectivity index (χ4v) is 6.09. The summed E-state index contributed by atoms with van der Waals surface area (Å²) < 4.78 is 12.2. The summed E-state index contributed by atoms with van der Waals surface area (Å²) in [5, 5.41) is 6.37. The third-order valence-corrected chi connectivity index (χ3v) is 8.23. The fourth-order valence-electron chi connectivity index (χ4n) is 5.88. The summed E-state index contributed by atoms with van der Waals surface area (Å²) in [4.78, 5) is 43.8. The Balaban J connectivity index is 1.44. The number of ether oxygens (including phenoxy) is 2. The molecule has 1 saturated heterocycles. The number of H-pyrrole nitrogens is 1. The van der Waals surface area contributed by atoms with Crippen LogP contribution in [0.15, 0.2) is 65.5 Å². The molecule has 3 N–H and O–H groups in total. The summed E-state index contributed by atoms with van der Waals surface area (Å²) in [6.07, 6.45) is 2.97. The second-order valence-electron chi connectivity index (χ2n) is 11.4. The van der Waals surface area contributed by atoms with Crippen LogP contribution < -0.4 is 20.9 Å². The Morgan fingerprint density at radius 1 is 1.04 bits per heavy atom. The number of piperidine rings is 1. The van der Waals surface area contributed by atoms with E-state index in [0.717, 1.165) is 41.5 Å². The van der Waals surface area contributed by atoms with E-state index in [1.54, 1.807) is 17.0 Å². The summed E-state index contributed by atoms with van der Waals surface area (Å²) in [6, 6.07) is 18.4. The topological polar surface area (TPSA) is 113 Å². The summed E-state index contributed by atoms with van der Waals surface area (Å²) in [5.41, 5.74) is 4.63. The number of hydrogen-bond donors (Lipinski definition) is 3. The Labute approximate surface area is 267 Å². The van der Waals surface area contributed by atoms with Crippen molar-refractivity contribution in [2.75, 3.05) is 25.0 Å². The molecule has 10 heteroatoms. The first kappa shape index (κ1) is 31.9. The number of benzene rings is 3. The van der Waals surface area contributed by atoms with Crippen molar-refractivity contribution in [2.24, 2.45) is 0 Å². The van der Waals surface area contributed by atoms with Gasteiger partial charge in [0.15, 0.2) is 0 Å². The van der Waals surface area contributed by atoms with Gasteiger partial charge in [-0.05, 0) is 63.3 Å². The number of aromatic amines is 1. The quantitative estimate of drug-likeness (QED) is 0.177. The van der Waals surface area contributed by atoms with Crippen LogP contribution in [-0.4, -0.2) is 47.7 Å². The molecule has 5 rings (SSSR count). The minimum Gasteiger partial charge on any atom is -0.492 e. The Morgan fingerprint density at radius 3 is 2.53 bits per heavy atom. The molecule has 1 aromatic heterocycles. The lowest BCUT2D eigenvalue weighted by Crippen LogP contribution is -2.44. The van der Waals surface area contributed by atoms with Crippen LogP contribution in [0.4, 0.5) is 15.3 Å². The number of carbonyl (C=O) groups excluding carboxylic acids is 2. The Kier molecular flexibility index (Phi) is 10.3. The predicted octanol–water partition coefficient (Wildman–Crippen LogP) is 7.57. The number of hydrogen-bond acceptors (Lipinski definition) is 5. The molecule has 236 valence electrons. The maximum Gasteiger partial charge on any atom is 0.410 e. The van der Waals surface area contributed by atoms with Gasteiger partial charge in [0, 0.05) is 30.9 Å². The minimum atomic E-state index is -0.392. The molecule has 1 aliphatic heterocycles. The summed E-state index contributed by atoms with van der Waals surface area (Å²) >= 11 is 6.51. The van der Waals surface area contributed by atoms with E-state index in [1.807, 2.05) is 69.3 Å². The van der Waals surface area contributed by atoms with Crippen molar-refractivity contribution in [3.8, 4) is 16.9 Å². The SMILES string of the molecule is CCNC(=O)Nc1cc2c(OCCC3CCCCN3C(=O)OCc3ccccc3)c(-c3cc(C)cc(C)c3)c(=O)[nH]c2cc1Cl. The fraction of sp³-hybridized carbons (Fsp3) is 0.343. The van der Waals surface area contributed by atoms with Crippen molar-refractivity contribution < 1.29 is 19.1 Å². The van der Waals surface area contributed by atoms with Crippen LogP contribution in [0, 0.1) is 13.8 Å². The Hall–Kier alpha value is -4.50. The first-order chi connectivity index (χ1) is 21.7. The van der Waals surface area contributed by atoms with Gasteiger partial charge in [0.05, 0.1) is 28.4 Å². The highest BCUT2D eigenvalue weighted by Gasteiger charge is 2.28. The average molecular weight is 631 g/mol. The van der Waals surface area contributed by atoms with Crippen molar-refractivity contribution in [3.05, 3.63) is 92.7 Å². The Morgan fingerprint density at radius 2 is 1.80 bits per heavy atom. The van der Waals surface area contributed by atoms with E-state index in [2.05, 4.69) is 15.6 Å². The molecule has 9 nitrogen and oxygen atoms in total. The molecule has 0 aliphatic carbocycles. The predicted molar refractivity (Wildman–Crippen MR) is 178 cm³/mol. The standard InChI is InChI=1S/C35H39ClN4O5/c1-4-37-34(42)39-30-19-27-29(20-28(30)36)38-33(41)31(25-17-22(2)16-23(3)18-25)32(27)44-15-13-26-12-8-9-14-40(26)35(43)45-21-24-10-6-5-7-11-24/h5-7,10-11,16-20,26H,4,8-9,12-15,21H2,1-3H3,(H,38,41)(H2,37,39,42). The van der Waals surface area contributed by atoms with E-state index in [4.69, 9.17) is 21.1 Å². The van der Waals surface area contributed by atoms with Crippen LogP contribution in [0.25, 0.3) is 22.0 Å². The van der Waals surface area contributed by atoms with Crippen LogP contribution in [0.3, 0.4) is 0 Å². The molecule has 4 aromatic rings. The Bertz CT molecular complexity index is 1720. The number of carbonyl (C=O) groups is 2. The maximum atomic E-state index is 13.6. The molecule has 0 saturated carbocycles. The number of pyridine rings is 1. The molecule has 1 atom stereocenters.